The SMILES string of the molecule is C[C@@H](C(=O)Nc1cccc(Cl)c1)N1CCN(C(=O)c2ccccc2)CC1. The minimum absolute atomic E-state index is 0.0429. The minimum atomic E-state index is -0.275. The van der Waals surface area contributed by atoms with Crippen LogP contribution in [0, 0.1) is 0 Å². The maximum absolute atomic E-state index is 12.5. The van der Waals surface area contributed by atoms with Crippen LogP contribution in [0.3, 0.4) is 0 Å². The van der Waals surface area contributed by atoms with Gasteiger partial charge in [0, 0.05) is 42.5 Å². The van der Waals surface area contributed by atoms with Crippen LogP contribution in [0.25, 0.3) is 0 Å². The van der Waals surface area contributed by atoms with Gasteiger partial charge in [-0.25, -0.2) is 0 Å². The number of anilines is 1. The second kappa shape index (κ2) is 8.34. The molecule has 2 aromatic rings. The van der Waals surface area contributed by atoms with Crippen LogP contribution in [0.1, 0.15) is 17.3 Å². The van der Waals surface area contributed by atoms with Crippen LogP contribution in [0.15, 0.2) is 54.6 Å². The molecule has 0 radical (unpaired) electrons. The van der Waals surface area contributed by atoms with Gasteiger partial charge in [0.05, 0.1) is 6.04 Å². The van der Waals surface area contributed by atoms with E-state index in [2.05, 4.69) is 10.2 Å². The average Bonchev–Trinajstić information content (AvgIpc) is 2.67. The molecule has 1 N–H and O–H groups in total. The molecule has 1 fully saturated rings. The summed E-state index contributed by atoms with van der Waals surface area (Å²) in [4.78, 5) is 28.9. The highest BCUT2D eigenvalue weighted by Crippen LogP contribution is 2.16. The Labute approximate surface area is 158 Å². The summed E-state index contributed by atoms with van der Waals surface area (Å²) in [7, 11) is 0. The molecule has 0 spiro atoms. The van der Waals surface area contributed by atoms with E-state index in [-0.39, 0.29) is 17.9 Å². The fraction of sp³-hybridized carbons (Fsp3) is 0.300. The maximum atomic E-state index is 12.5. The first kappa shape index (κ1) is 18.4. The first-order valence-corrected chi connectivity index (χ1v) is 9.07. The van der Waals surface area contributed by atoms with Gasteiger partial charge < -0.3 is 10.2 Å². The smallest absolute Gasteiger partial charge is 0.253 e. The molecule has 0 unspecified atom stereocenters. The lowest BCUT2D eigenvalue weighted by Gasteiger charge is -2.37. The Morgan fingerprint density at radius 3 is 2.35 bits per heavy atom. The third-order valence-electron chi connectivity index (χ3n) is 4.64. The summed E-state index contributed by atoms with van der Waals surface area (Å²) in [5.74, 6) is -0.0311. The van der Waals surface area contributed by atoms with Gasteiger partial charge in [0.1, 0.15) is 0 Å². The number of rotatable bonds is 4. The molecule has 0 bridgehead atoms. The fourth-order valence-electron chi connectivity index (χ4n) is 3.05. The van der Waals surface area contributed by atoms with E-state index < -0.39 is 0 Å². The van der Waals surface area contributed by atoms with E-state index in [1.54, 1.807) is 18.2 Å². The van der Waals surface area contributed by atoms with Crippen molar-refractivity contribution in [3.63, 3.8) is 0 Å². The van der Waals surface area contributed by atoms with Gasteiger partial charge in [0.2, 0.25) is 5.91 Å². The quantitative estimate of drug-likeness (QED) is 0.898. The van der Waals surface area contributed by atoms with Crippen molar-refractivity contribution < 1.29 is 9.59 Å². The van der Waals surface area contributed by atoms with Crippen LogP contribution >= 0.6 is 11.6 Å². The first-order chi connectivity index (χ1) is 12.5. The van der Waals surface area contributed by atoms with Crippen molar-refractivity contribution in [3.8, 4) is 0 Å². The van der Waals surface area contributed by atoms with Crippen molar-refractivity contribution in [2.45, 2.75) is 13.0 Å². The third-order valence-corrected chi connectivity index (χ3v) is 4.88. The number of hydrogen-bond acceptors (Lipinski definition) is 3. The number of benzene rings is 2. The molecular formula is C20H22ClN3O2. The summed E-state index contributed by atoms with van der Waals surface area (Å²) < 4.78 is 0. The van der Waals surface area contributed by atoms with Crippen molar-refractivity contribution in [2.75, 3.05) is 31.5 Å². The molecule has 5 nitrogen and oxygen atoms in total. The van der Waals surface area contributed by atoms with Gasteiger partial charge >= 0.3 is 0 Å². The molecule has 2 aromatic carbocycles. The fourth-order valence-corrected chi connectivity index (χ4v) is 3.24. The highest BCUT2D eigenvalue weighted by Gasteiger charge is 2.27. The maximum Gasteiger partial charge on any atom is 0.253 e. The third kappa shape index (κ3) is 4.42. The molecule has 2 amide bonds. The van der Waals surface area contributed by atoms with Crippen LogP contribution in [-0.4, -0.2) is 53.8 Å². The minimum Gasteiger partial charge on any atom is -0.336 e. The van der Waals surface area contributed by atoms with E-state index in [1.807, 2.05) is 48.2 Å². The summed E-state index contributed by atoms with van der Waals surface area (Å²) in [6.45, 7) is 4.45. The average molecular weight is 372 g/mol. The van der Waals surface area contributed by atoms with Gasteiger partial charge in [-0.1, -0.05) is 35.9 Å². The molecule has 136 valence electrons. The second-order valence-corrected chi connectivity index (χ2v) is 6.81. The van der Waals surface area contributed by atoms with Gasteiger partial charge in [-0.2, -0.15) is 0 Å². The van der Waals surface area contributed by atoms with E-state index in [0.717, 1.165) is 0 Å². The van der Waals surface area contributed by atoms with E-state index >= 15 is 0 Å². The Morgan fingerprint density at radius 2 is 1.69 bits per heavy atom. The largest absolute Gasteiger partial charge is 0.336 e. The van der Waals surface area contributed by atoms with Gasteiger partial charge in [0.25, 0.3) is 5.91 Å². The van der Waals surface area contributed by atoms with E-state index in [0.29, 0.717) is 42.5 Å². The molecule has 1 aliphatic rings. The number of nitrogens with one attached hydrogen (secondary N) is 1. The zero-order valence-electron chi connectivity index (χ0n) is 14.7. The lowest BCUT2D eigenvalue weighted by Crippen LogP contribution is -2.54. The predicted octanol–water partition coefficient (Wildman–Crippen LogP) is 3.13. The monoisotopic (exact) mass is 371 g/mol. The van der Waals surface area contributed by atoms with E-state index in [1.165, 1.54) is 0 Å². The second-order valence-electron chi connectivity index (χ2n) is 6.37. The lowest BCUT2D eigenvalue weighted by molar-refractivity contribution is -0.121. The number of nitrogens with zero attached hydrogens (tertiary/aromatic N) is 2. The van der Waals surface area contributed by atoms with Crippen LogP contribution in [0.2, 0.25) is 5.02 Å². The predicted molar refractivity (Wildman–Crippen MR) is 103 cm³/mol. The van der Waals surface area contributed by atoms with Crippen molar-refractivity contribution in [1.82, 2.24) is 9.80 Å². The molecule has 3 rings (SSSR count). The van der Waals surface area contributed by atoms with Crippen LogP contribution in [0.4, 0.5) is 5.69 Å². The normalized spacial score (nSPS) is 16.2. The standard InChI is InChI=1S/C20H22ClN3O2/c1-15(19(25)22-18-9-5-8-17(21)14-18)23-10-12-24(13-11-23)20(26)16-6-3-2-4-7-16/h2-9,14-15H,10-13H2,1H3,(H,22,25)/t15-/m0/s1. The summed E-state index contributed by atoms with van der Waals surface area (Å²) in [6, 6.07) is 16.1. The van der Waals surface area contributed by atoms with Crippen molar-refractivity contribution in [2.24, 2.45) is 0 Å². The van der Waals surface area contributed by atoms with Crippen molar-refractivity contribution in [1.29, 1.82) is 0 Å². The first-order valence-electron chi connectivity index (χ1n) is 8.69. The Bertz CT molecular complexity index is 774. The van der Waals surface area contributed by atoms with Crippen LogP contribution in [-0.2, 0) is 4.79 Å². The molecular weight excluding hydrogens is 350 g/mol. The Hall–Kier alpha value is -2.37. The van der Waals surface area contributed by atoms with Crippen LogP contribution < -0.4 is 5.32 Å². The van der Waals surface area contributed by atoms with Crippen molar-refractivity contribution in [3.05, 3.63) is 65.2 Å². The van der Waals surface area contributed by atoms with Gasteiger partial charge in [-0.05, 0) is 37.3 Å². The highest BCUT2D eigenvalue weighted by atomic mass is 35.5. The number of carbonyl (C=O) groups is 2. The summed E-state index contributed by atoms with van der Waals surface area (Å²) in [5.41, 5.74) is 1.39. The van der Waals surface area contributed by atoms with E-state index in [9.17, 15) is 9.59 Å². The van der Waals surface area contributed by atoms with E-state index in [4.69, 9.17) is 11.6 Å². The summed E-state index contributed by atoms with van der Waals surface area (Å²) in [6.07, 6.45) is 0. The number of piperazine rings is 1. The molecule has 0 aromatic heterocycles. The topological polar surface area (TPSA) is 52.7 Å². The molecule has 0 aliphatic carbocycles. The molecule has 6 heteroatoms. The summed E-state index contributed by atoms with van der Waals surface area (Å²) >= 11 is 5.95. The van der Waals surface area contributed by atoms with Crippen LogP contribution in [0.5, 0.6) is 0 Å². The Balaban J connectivity index is 1.54. The molecule has 0 saturated carbocycles. The van der Waals surface area contributed by atoms with Crippen molar-refractivity contribution >= 4 is 29.1 Å². The zero-order chi connectivity index (χ0) is 18.5. The number of amides is 2. The number of halogens is 1. The molecule has 1 aliphatic heterocycles. The molecule has 1 heterocycles. The number of carbonyl (C=O) groups excluding carboxylic acids is 2. The van der Waals surface area contributed by atoms with Gasteiger partial charge in [-0.3, -0.25) is 14.5 Å². The lowest BCUT2D eigenvalue weighted by atomic mass is 10.1. The molecule has 1 saturated heterocycles. The summed E-state index contributed by atoms with van der Waals surface area (Å²) in [5, 5.41) is 3.48. The highest BCUT2D eigenvalue weighted by molar-refractivity contribution is 6.30. The number of hydrogen-bond donors (Lipinski definition) is 1. The Kier molecular flexibility index (Phi) is 5.91. The zero-order valence-corrected chi connectivity index (χ0v) is 15.4. The molecule has 26 heavy (non-hydrogen) atoms. The van der Waals surface area contributed by atoms with Gasteiger partial charge in [0.15, 0.2) is 0 Å². The van der Waals surface area contributed by atoms with Gasteiger partial charge in [-0.15, -0.1) is 0 Å². The molecule has 1 atom stereocenters. The Morgan fingerprint density at radius 1 is 1.00 bits per heavy atom.